The van der Waals surface area contributed by atoms with Gasteiger partial charge < -0.3 is 5.11 Å². The van der Waals surface area contributed by atoms with E-state index in [0.29, 0.717) is 18.7 Å². The third-order valence-electron chi connectivity index (χ3n) is 2.35. The minimum Gasteiger partial charge on any atom is -0.378 e. The number of hydroxylamine groups is 2. The highest BCUT2D eigenvalue weighted by atomic mass is 16.7. The number of aliphatic hydroxyl groups is 1. The van der Waals surface area contributed by atoms with Gasteiger partial charge >= 0.3 is 0 Å². The molecule has 0 aromatic heterocycles. The third-order valence-corrected chi connectivity index (χ3v) is 2.35. The number of nitrogens with zero attached hydrogens (tertiary/aromatic N) is 1. The molecule has 1 aliphatic heterocycles. The molecule has 1 aromatic rings. The Hall–Kier alpha value is -1.39. The van der Waals surface area contributed by atoms with E-state index in [-0.39, 0.29) is 0 Å². The summed E-state index contributed by atoms with van der Waals surface area (Å²) in [5, 5.41) is 11.0. The van der Waals surface area contributed by atoms with Gasteiger partial charge in [-0.15, -0.1) is 0 Å². The molecule has 4 heteroatoms. The third kappa shape index (κ3) is 2.16. The summed E-state index contributed by atoms with van der Waals surface area (Å²) in [6.45, 7) is 1.11. The van der Waals surface area contributed by atoms with Gasteiger partial charge in [-0.05, 0) is 12.0 Å². The maximum Gasteiger partial charge on any atom is 0.279 e. The molecule has 4 nitrogen and oxygen atoms in total. The van der Waals surface area contributed by atoms with Crippen LogP contribution in [0.5, 0.6) is 0 Å². The normalized spacial score (nSPS) is 17.8. The molecule has 1 amide bonds. The second-order valence-electron chi connectivity index (χ2n) is 3.44. The van der Waals surface area contributed by atoms with Crippen molar-refractivity contribution in [2.75, 3.05) is 13.2 Å². The zero-order valence-electron chi connectivity index (χ0n) is 8.30. The van der Waals surface area contributed by atoms with Gasteiger partial charge in [-0.3, -0.25) is 9.63 Å². The molecule has 1 aromatic carbocycles. The van der Waals surface area contributed by atoms with Crippen LogP contribution in [0.25, 0.3) is 0 Å². The zero-order chi connectivity index (χ0) is 10.7. The number of aliphatic hydroxyl groups excluding tert-OH is 1. The van der Waals surface area contributed by atoms with Gasteiger partial charge in [-0.2, -0.15) is 0 Å². The van der Waals surface area contributed by atoms with Crippen LogP contribution >= 0.6 is 0 Å². The molecule has 2 rings (SSSR count). The van der Waals surface area contributed by atoms with E-state index >= 15 is 0 Å². The highest BCUT2D eigenvalue weighted by molar-refractivity contribution is 5.81. The maximum atomic E-state index is 11.7. The van der Waals surface area contributed by atoms with Crippen molar-refractivity contribution in [1.82, 2.24) is 5.06 Å². The number of amides is 1. The Morgan fingerprint density at radius 3 is 2.73 bits per heavy atom. The fraction of sp³-hybridized carbons (Fsp3) is 0.364. The predicted octanol–water partition coefficient (Wildman–Crippen LogP) is 0.884. The van der Waals surface area contributed by atoms with Crippen molar-refractivity contribution in [3.8, 4) is 0 Å². The summed E-state index contributed by atoms with van der Waals surface area (Å²) >= 11 is 0. The molecule has 1 heterocycles. The van der Waals surface area contributed by atoms with E-state index in [1.165, 1.54) is 5.06 Å². The summed E-state index contributed by atoms with van der Waals surface area (Å²) in [5.74, 6) is -0.390. The molecule has 1 saturated heterocycles. The van der Waals surface area contributed by atoms with Crippen molar-refractivity contribution < 1.29 is 14.7 Å². The molecule has 0 bridgehead atoms. The topological polar surface area (TPSA) is 49.8 Å². The second kappa shape index (κ2) is 4.42. The van der Waals surface area contributed by atoms with Crippen LogP contribution in [0.1, 0.15) is 18.1 Å². The van der Waals surface area contributed by atoms with E-state index in [0.717, 1.165) is 6.42 Å². The monoisotopic (exact) mass is 207 g/mol. The first-order chi connectivity index (χ1) is 7.29. The Bertz CT molecular complexity index is 333. The lowest BCUT2D eigenvalue weighted by Crippen LogP contribution is -2.31. The Morgan fingerprint density at radius 1 is 1.40 bits per heavy atom. The summed E-state index contributed by atoms with van der Waals surface area (Å²) in [6, 6.07) is 8.86. The smallest absolute Gasteiger partial charge is 0.279 e. The summed E-state index contributed by atoms with van der Waals surface area (Å²) in [6.07, 6.45) is -0.294. The molecular formula is C11H13NO3. The second-order valence-corrected chi connectivity index (χ2v) is 3.44. The minimum absolute atomic E-state index is 0.390. The lowest BCUT2D eigenvalue weighted by Gasteiger charge is -2.18. The molecule has 0 radical (unpaired) electrons. The Morgan fingerprint density at radius 2 is 2.13 bits per heavy atom. The van der Waals surface area contributed by atoms with Crippen LogP contribution in [-0.4, -0.2) is 29.2 Å². The van der Waals surface area contributed by atoms with Crippen molar-refractivity contribution >= 4 is 5.91 Å². The molecule has 1 N–H and O–H groups in total. The first-order valence-corrected chi connectivity index (χ1v) is 4.96. The SMILES string of the molecule is O=C(C(O)c1ccccc1)N1CCCO1. The van der Waals surface area contributed by atoms with Crippen LogP contribution in [0.2, 0.25) is 0 Å². The number of carbonyl (C=O) groups is 1. The molecule has 1 atom stereocenters. The average molecular weight is 207 g/mol. The summed E-state index contributed by atoms with van der Waals surface area (Å²) in [5.41, 5.74) is 0.595. The van der Waals surface area contributed by atoms with Gasteiger partial charge in [0.25, 0.3) is 5.91 Å². The number of rotatable bonds is 2. The van der Waals surface area contributed by atoms with Gasteiger partial charge in [-0.25, -0.2) is 5.06 Å². The summed E-state index contributed by atoms with van der Waals surface area (Å²) in [4.78, 5) is 16.8. The van der Waals surface area contributed by atoms with Gasteiger partial charge in [0.2, 0.25) is 0 Å². The van der Waals surface area contributed by atoms with Gasteiger partial charge in [0.15, 0.2) is 6.10 Å². The fourth-order valence-corrected chi connectivity index (χ4v) is 1.54. The van der Waals surface area contributed by atoms with Crippen LogP contribution in [0, 0.1) is 0 Å². The quantitative estimate of drug-likeness (QED) is 0.783. The van der Waals surface area contributed by atoms with E-state index in [9.17, 15) is 9.90 Å². The van der Waals surface area contributed by atoms with E-state index in [2.05, 4.69) is 0 Å². The molecule has 1 unspecified atom stereocenters. The molecule has 0 saturated carbocycles. The van der Waals surface area contributed by atoms with Gasteiger partial charge in [0.05, 0.1) is 13.2 Å². The van der Waals surface area contributed by atoms with E-state index in [4.69, 9.17) is 4.84 Å². The predicted molar refractivity (Wildman–Crippen MR) is 53.7 cm³/mol. The highest BCUT2D eigenvalue weighted by Crippen LogP contribution is 2.17. The van der Waals surface area contributed by atoms with E-state index in [1.807, 2.05) is 6.07 Å². The maximum absolute atomic E-state index is 11.7. The van der Waals surface area contributed by atoms with Crippen LogP contribution in [0.4, 0.5) is 0 Å². The van der Waals surface area contributed by atoms with Crippen molar-refractivity contribution in [3.05, 3.63) is 35.9 Å². The standard InChI is InChI=1S/C11H13NO3/c13-10(9-5-2-1-3-6-9)11(14)12-7-4-8-15-12/h1-3,5-6,10,13H,4,7-8H2. The summed E-state index contributed by atoms with van der Waals surface area (Å²) in [7, 11) is 0. The van der Waals surface area contributed by atoms with Crippen LogP contribution in [0.15, 0.2) is 30.3 Å². The number of carbonyl (C=O) groups excluding carboxylic acids is 1. The lowest BCUT2D eigenvalue weighted by molar-refractivity contribution is -0.178. The first kappa shape index (κ1) is 10.1. The fourth-order valence-electron chi connectivity index (χ4n) is 1.54. The Labute approximate surface area is 88.0 Å². The average Bonchev–Trinajstić information content (AvgIpc) is 2.82. The van der Waals surface area contributed by atoms with E-state index in [1.54, 1.807) is 24.3 Å². The molecule has 15 heavy (non-hydrogen) atoms. The van der Waals surface area contributed by atoms with Crippen molar-refractivity contribution in [2.45, 2.75) is 12.5 Å². The van der Waals surface area contributed by atoms with Crippen molar-refractivity contribution in [2.24, 2.45) is 0 Å². The van der Waals surface area contributed by atoms with Gasteiger partial charge in [0.1, 0.15) is 0 Å². The van der Waals surface area contributed by atoms with Gasteiger partial charge in [0, 0.05) is 0 Å². The number of hydrogen-bond donors (Lipinski definition) is 1. The number of benzene rings is 1. The largest absolute Gasteiger partial charge is 0.378 e. The highest BCUT2D eigenvalue weighted by Gasteiger charge is 2.26. The molecule has 80 valence electrons. The minimum atomic E-state index is -1.12. The van der Waals surface area contributed by atoms with E-state index < -0.39 is 12.0 Å². The molecule has 1 aliphatic rings. The van der Waals surface area contributed by atoms with Gasteiger partial charge in [-0.1, -0.05) is 30.3 Å². The zero-order valence-corrected chi connectivity index (χ0v) is 8.30. The van der Waals surface area contributed by atoms with Crippen LogP contribution in [0.3, 0.4) is 0 Å². The summed E-state index contributed by atoms with van der Waals surface area (Å²) < 4.78 is 0. The van der Waals surface area contributed by atoms with Crippen molar-refractivity contribution in [1.29, 1.82) is 0 Å². The van der Waals surface area contributed by atoms with Crippen molar-refractivity contribution in [3.63, 3.8) is 0 Å². The molecular weight excluding hydrogens is 194 g/mol. The lowest BCUT2D eigenvalue weighted by atomic mass is 10.1. The Kier molecular flexibility index (Phi) is 2.99. The van der Waals surface area contributed by atoms with Crippen LogP contribution in [-0.2, 0) is 9.63 Å². The molecule has 0 aliphatic carbocycles. The molecule has 1 fully saturated rings. The number of hydrogen-bond acceptors (Lipinski definition) is 3. The van der Waals surface area contributed by atoms with Crippen LogP contribution < -0.4 is 0 Å². The first-order valence-electron chi connectivity index (χ1n) is 4.96. The Balaban J connectivity index is 2.07. The molecule has 0 spiro atoms.